The van der Waals surface area contributed by atoms with Gasteiger partial charge in [0, 0.05) is 22.3 Å². The number of benzene rings is 1. The third kappa shape index (κ3) is 4.12. The molecule has 0 fully saturated rings. The molecule has 0 atom stereocenters. The summed E-state index contributed by atoms with van der Waals surface area (Å²) in [6.07, 6.45) is 3.95. The van der Waals surface area contributed by atoms with Crippen molar-refractivity contribution in [2.45, 2.75) is 18.7 Å². The molecule has 0 aliphatic rings. The Morgan fingerprint density at radius 3 is 2.72 bits per heavy atom. The average molecular weight is 351 g/mol. The van der Waals surface area contributed by atoms with Gasteiger partial charge >= 0.3 is 0 Å². The van der Waals surface area contributed by atoms with E-state index in [-0.39, 0.29) is 0 Å². The van der Waals surface area contributed by atoms with Gasteiger partial charge in [-0.25, -0.2) is 9.97 Å². The van der Waals surface area contributed by atoms with Crippen LogP contribution >= 0.6 is 11.8 Å². The van der Waals surface area contributed by atoms with Crippen LogP contribution in [0.5, 0.6) is 5.75 Å². The summed E-state index contributed by atoms with van der Waals surface area (Å²) in [5.74, 6) is 2.15. The maximum atomic E-state index is 5.82. The van der Waals surface area contributed by atoms with Crippen LogP contribution in [-0.2, 0) is 0 Å². The molecule has 128 valence electrons. The van der Waals surface area contributed by atoms with Gasteiger partial charge in [0.25, 0.3) is 0 Å². The number of nitrogens with one attached hydrogen (secondary N) is 1. The lowest BCUT2D eigenvalue weighted by Gasteiger charge is -2.14. The third-order valence-corrected chi connectivity index (χ3v) is 4.50. The standard InChI is InChI=1S/C20H21N3OS/c1-4-24-17-12-15(16-9-5-6-10-18(16)25-3)13-21-20(17)23-19-11-7-8-14(2)22-19/h5-13H,4H2,1-3H3,(H,21,22,23). The van der Waals surface area contributed by atoms with Crippen LogP contribution in [0.3, 0.4) is 0 Å². The van der Waals surface area contributed by atoms with Crippen molar-refractivity contribution in [3.05, 3.63) is 60.4 Å². The Kier molecular flexibility index (Phi) is 5.56. The lowest BCUT2D eigenvalue weighted by Crippen LogP contribution is -2.02. The van der Waals surface area contributed by atoms with Gasteiger partial charge in [0.1, 0.15) is 5.82 Å². The molecule has 2 heterocycles. The highest BCUT2D eigenvalue weighted by atomic mass is 32.2. The fraction of sp³-hybridized carbons (Fsp3) is 0.200. The van der Waals surface area contributed by atoms with Gasteiger partial charge in [0.15, 0.2) is 11.6 Å². The molecule has 0 saturated carbocycles. The first kappa shape index (κ1) is 17.3. The van der Waals surface area contributed by atoms with Crippen molar-refractivity contribution in [2.24, 2.45) is 0 Å². The highest BCUT2D eigenvalue weighted by molar-refractivity contribution is 7.98. The molecule has 2 aromatic heterocycles. The van der Waals surface area contributed by atoms with Crippen LogP contribution in [0.4, 0.5) is 11.6 Å². The number of rotatable bonds is 6. The molecule has 3 aromatic rings. The topological polar surface area (TPSA) is 47.0 Å². The van der Waals surface area contributed by atoms with Crippen LogP contribution in [0.2, 0.25) is 0 Å². The van der Waals surface area contributed by atoms with Gasteiger partial charge in [-0.15, -0.1) is 11.8 Å². The minimum absolute atomic E-state index is 0.575. The van der Waals surface area contributed by atoms with E-state index in [0.717, 1.165) is 28.4 Å². The fourth-order valence-corrected chi connectivity index (χ4v) is 3.19. The van der Waals surface area contributed by atoms with Gasteiger partial charge in [-0.3, -0.25) is 0 Å². The minimum Gasteiger partial charge on any atom is -0.490 e. The zero-order chi connectivity index (χ0) is 17.6. The summed E-state index contributed by atoms with van der Waals surface area (Å²) in [6, 6.07) is 16.2. The maximum absolute atomic E-state index is 5.82. The number of anilines is 2. The number of nitrogens with zero attached hydrogens (tertiary/aromatic N) is 2. The third-order valence-electron chi connectivity index (χ3n) is 3.71. The Balaban J connectivity index is 1.98. The van der Waals surface area contributed by atoms with Gasteiger partial charge in [-0.1, -0.05) is 24.3 Å². The smallest absolute Gasteiger partial charge is 0.174 e. The van der Waals surface area contributed by atoms with Crippen molar-refractivity contribution >= 4 is 23.4 Å². The molecule has 4 nitrogen and oxygen atoms in total. The van der Waals surface area contributed by atoms with Gasteiger partial charge in [0.05, 0.1) is 6.61 Å². The summed E-state index contributed by atoms with van der Waals surface area (Å²) in [5, 5.41) is 3.25. The largest absolute Gasteiger partial charge is 0.490 e. The second-order valence-electron chi connectivity index (χ2n) is 5.49. The molecule has 0 radical (unpaired) electrons. The number of pyridine rings is 2. The molecule has 1 aromatic carbocycles. The zero-order valence-corrected chi connectivity index (χ0v) is 15.4. The summed E-state index contributed by atoms with van der Waals surface area (Å²) in [6.45, 7) is 4.51. The molecule has 1 N–H and O–H groups in total. The van der Waals surface area contributed by atoms with Gasteiger partial charge in [-0.2, -0.15) is 0 Å². The van der Waals surface area contributed by atoms with E-state index in [0.29, 0.717) is 12.4 Å². The van der Waals surface area contributed by atoms with E-state index >= 15 is 0 Å². The van der Waals surface area contributed by atoms with Crippen LogP contribution in [0.1, 0.15) is 12.6 Å². The molecule has 0 spiro atoms. The Hall–Kier alpha value is -2.53. The quantitative estimate of drug-likeness (QED) is 0.609. The van der Waals surface area contributed by atoms with Crippen molar-refractivity contribution in [1.29, 1.82) is 0 Å². The van der Waals surface area contributed by atoms with E-state index in [9.17, 15) is 0 Å². The molecular formula is C20H21N3OS. The SMILES string of the molecule is CCOc1cc(-c2ccccc2SC)cnc1Nc1cccc(C)n1. The molecule has 0 saturated heterocycles. The minimum atomic E-state index is 0.575. The number of thioether (sulfide) groups is 1. The Morgan fingerprint density at radius 2 is 1.96 bits per heavy atom. The monoisotopic (exact) mass is 351 g/mol. The van der Waals surface area contributed by atoms with Crippen LogP contribution in [-0.4, -0.2) is 22.8 Å². The first-order valence-electron chi connectivity index (χ1n) is 8.18. The first-order chi connectivity index (χ1) is 12.2. The number of aromatic nitrogens is 2. The fourth-order valence-electron chi connectivity index (χ4n) is 2.57. The predicted molar refractivity (Wildman–Crippen MR) is 105 cm³/mol. The molecule has 0 amide bonds. The summed E-state index contributed by atoms with van der Waals surface area (Å²) < 4.78 is 5.82. The molecule has 5 heteroatoms. The van der Waals surface area contributed by atoms with Crippen LogP contribution < -0.4 is 10.1 Å². The van der Waals surface area contributed by atoms with Crippen molar-refractivity contribution < 1.29 is 4.74 Å². The number of hydrogen-bond acceptors (Lipinski definition) is 5. The predicted octanol–water partition coefficient (Wildman–Crippen LogP) is 5.32. The maximum Gasteiger partial charge on any atom is 0.174 e. The molecule has 0 aliphatic carbocycles. The number of aryl methyl sites for hydroxylation is 1. The Labute approximate surface area is 152 Å². The first-order valence-corrected chi connectivity index (χ1v) is 9.40. The van der Waals surface area contributed by atoms with E-state index < -0.39 is 0 Å². The lowest BCUT2D eigenvalue weighted by molar-refractivity contribution is 0.341. The van der Waals surface area contributed by atoms with Gasteiger partial charge in [-0.05, 0) is 49.9 Å². The van der Waals surface area contributed by atoms with E-state index in [1.807, 2.05) is 56.4 Å². The van der Waals surface area contributed by atoms with Crippen molar-refractivity contribution in [2.75, 3.05) is 18.2 Å². The van der Waals surface area contributed by atoms with E-state index in [1.54, 1.807) is 11.8 Å². The normalized spacial score (nSPS) is 10.5. The van der Waals surface area contributed by atoms with Crippen molar-refractivity contribution in [3.8, 4) is 16.9 Å². The van der Waals surface area contributed by atoms with Gasteiger partial charge < -0.3 is 10.1 Å². The molecular weight excluding hydrogens is 330 g/mol. The van der Waals surface area contributed by atoms with Crippen LogP contribution in [0, 0.1) is 6.92 Å². The number of hydrogen-bond donors (Lipinski definition) is 1. The van der Waals surface area contributed by atoms with E-state index in [1.165, 1.54) is 4.90 Å². The Bertz CT molecular complexity index is 867. The molecule has 0 unspecified atom stereocenters. The second kappa shape index (κ2) is 8.03. The molecule has 0 aliphatic heterocycles. The zero-order valence-electron chi connectivity index (χ0n) is 14.6. The molecule has 3 rings (SSSR count). The summed E-state index contributed by atoms with van der Waals surface area (Å²) in [4.78, 5) is 10.3. The van der Waals surface area contributed by atoms with Gasteiger partial charge in [0.2, 0.25) is 0 Å². The average Bonchev–Trinajstić information content (AvgIpc) is 2.63. The number of ether oxygens (including phenoxy) is 1. The van der Waals surface area contributed by atoms with E-state index in [4.69, 9.17) is 4.74 Å². The summed E-state index contributed by atoms with van der Waals surface area (Å²) in [7, 11) is 0. The van der Waals surface area contributed by atoms with Crippen LogP contribution in [0.15, 0.2) is 59.6 Å². The lowest BCUT2D eigenvalue weighted by atomic mass is 10.1. The van der Waals surface area contributed by atoms with Crippen molar-refractivity contribution in [1.82, 2.24) is 9.97 Å². The molecule has 0 bridgehead atoms. The summed E-state index contributed by atoms with van der Waals surface area (Å²) >= 11 is 1.72. The molecule has 25 heavy (non-hydrogen) atoms. The Morgan fingerprint density at radius 1 is 1.12 bits per heavy atom. The van der Waals surface area contributed by atoms with Crippen LogP contribution in [0.25, 0.3) is 11.1 Å². The second-order valence-corrected chi connectivity index (χ2v) is 6.34. The highest BCUT2D eigenvalue weighted by Gasteiger charge is 2.11. The summed E-state index contributed by atoms with van der Waals surface area (Å²) in [5.41, 5.74) is 3.15. The van der Waals surface area contributed by atoms with Crippen molar-refractivity contribution in [3.63, 3.8) is 0 Å². The highest BCUT2D eigenvalue weighted by Crippen LogP contribution is 2.34. The van der Waals surface area contributed by atoms with E-state index in [2.05, 4.69) is 33.7 Å².